The molecule has 0 spiro atoms. The summed E-state index contributed by atoms with van der Waals surface area (Å²) in [4.78, 5) is 28.8. The molecule has 4 atom stereocenters. The quantitative estimate of drug-likeness (QED) is 0.665. The summed E-state index contributed by atoms with van der Waals surface area (Å²) in [6.07, 6.45) is 1.19. The van der Waals surface area contributed by atoms with E-state index in [9.17, 15) is 9.59 Å². The van der Waals surface area contributed by atoms with Gasteiger partial charge in [-0.2, -0.15) is 0 Å². The van der Waals surface area contributed by atoms with Crippen molar-refractivity contribution in [3.8, 4) is 0 Å². The van der Waals surface area contributed by atoms with E-state index in [0.29, 0.717) is 23.2 Å². The zero-order valence-electron chi connectivity index (χ0n) is 13.9. The van der Waals surface area contributed by atoms with E-state index in [2.05, 4.69) is 26.1 Å². The molecule has 3 heterocycles. The number of amides is 2. The van der Waals surface area contributed by atoms with Crippen LogP contribution in [-0.2, 0) is 9.59 Å². The Morgan fingerprint density at radius 1 is 1.05 bits per heavy atom. The molecule has 5 heteroatoms. The van der Waals surface area contributed by atoms with Crippen molar-refractivity contribution < 1.29 is 9.59 Å². The van der Waals surface area contributed by atoms with Gasteiger partial charge in [0.05, 0.1) is 0 Å². The molecular weight excluding hydrogens is 278 g/mol. The Kier molecular flexibility index (Phi) is 2.94. The molecule has 4 fully saturated rings. The lowest BCUT2D eigenvalue weighted by molar-refractivity contribution is -0.151. The third-order valence-corrected chi connectivity index (χ3v) is 6.89. The first-order chi connectivity index (χ1) is 10.3. The second-order valence-corrected chi connectivity index (χ2v) is 8.94. The molecule has 122 valence electrons. The van der Waals surface area contributed by atoms with E-state index >= 15 is 0 Å². The van der Waals surface area contributed by atoms with Crippen LogP contribution >= 0.6 is 0 Å². The Morgan fingerprint density at radius 3 is 2.41 bits per heavy atom. The lowest BCUT2D eigenvalue weighted by Crippen LogP contribution is -2.45. The normalized spacial score (nSPS) is 42.0. The van der Waals surface area contributed by atoms with E-state index in [4.69, 9.17) is 0 Å². The smallest absolute Gasteiger partial charge is 0.312 e. The summed E-state index contributed by atoms with van der Waals surface area (Å²) in [5.41, 5.74) is 0.495. The van der Waals surface area contributed by atoms with Crippen molar-refractivity contribution in [3.63, 3.8) is 0 Å². The minimum absolute atomic E-state index is 0.155. The highest BCUT2D eigenvalue weighted by Gasteiger charge is 2.54. The van der Waals surface area contributed by atoms with Gasteiger partial charge in [0.25, 0.3) is 0 Å². The number of carbonyl (C=O) groups excluding carboxylic acids is 2. The largest absolute Gasteiger partial charge is 0.334 e. The van der Waals surface area contributed by atoms with Gasteiger partial charge in [0, 0.05) is 44.7 Å². The van der Waals surface area contributed by atoms with E-state index in [1.807, 2.05) is 4.90 Å². The number of nitrogens with zero attached hydrogens (tertiary/aromatic N) is 2. The number of fused-ring (bicyclic) bond motifs is 2. The SMILES string of the molecule is CC1(C)C[C@@H]2CN(C(=O)C(=O)N3C[C@@H]4CNC[C@]4(C)C3)C[C@@H]21. The molecule has 0 aromatic carbocycles. The lowest BCUT2D eigenvalue weighted by atomic mass is 9.57. The van der Waals surface area contributed by atoms with Crippen LogP contribution in [0.25, 0.3) is 0 Å². The molecule has 3 aliphatic heterocycles. The maximum absolute atomic E-state index is 12.6. The Hall–Kier alpha value is -1.10. The molecule has 1 aliphatic carbocycles. The zero-order valence-corrected chi connectivity index (χ0v) is 13.9. The predicted octanol–water partition coefficient (Wildman–Crippen LogP) is 0.559. The second kappa shape index (κ2) is 4.47. The van der Waals surface area contributed by atoms with Crippen LogP contribution in [0.2, 0.25) is 0 Å². The van der Waals surface area contributed by atoms with E-state index < -0.39 is 0 Å². The monoisotopic (exact) mass is 305 g/mol. The van der Waals surface area contributed by atoms with Crippen LogP contribution in [0.15, 0.2) is 0 Å². The fourth-order valence-electron chi connectivity index (χ4n) is 5.38. The van der Waals surface area contributed by atoms with Crippen LogP contribution in [0.4, 0.5) is 0 Å². The Labute approximate surface area is 132 Å². The van der Waals surface area contributed by atoms with Gasteiger partial charge in [-0.3, -0.25) is 9.59 Å². The first-order valence-corrected chi connectivity index (χ1v) is 8.59. The first-order valence-electron chi connectivity index (χ1n) is 8.59. The van der Waals surface area contributed by atoms with Crippen molar-refractivity contribution in [2.24, 2.45) is 28.6 Å². The molecule has 0 aromatic heterocycles. The number of likely N-dealkylation sites (tertiary alicyclic amines) is 2. The summed E-state index contributed by atoms with van der Waals surface area (Å²) in [7, 11) is 0. The number of hydrogen-bond donors (Lipinski definition) is 1. The molecule has 0 unspecified atom stereocenters. The van der Waals surface area contributed by atoms with E-state index in [1.54, 1.807) is 4.90 Å². The van der Waals surface area contributed by atoms with Crippen molar-refractivity contribution in [1.82, 2.24) is 15.1 Å². The zero-order chi connectivity index (χ0) is 15.7. The second-order valence-electron chi connectivity index (χ2n) is 8.94. The fraction of sp³-hybridized carbons (Fsp3) is 0.882. The minimum atomic E-state index is -0.269. The maximum atomic E-state index is 12.6. The Morgan fingerprint density at radius 2 is 1.77 bits per heavy atom. The van der Waals surface area contributed by atoms with E-state index in [-0.39, 0.29) is 17.2 Å². The third-order valence-electron chi connectivity index (χ3n) is 6.89. The molecular formula is C17H27N3O2. The predicted molar refractivity (Wildman–Crippen MR) is 83.0 cm³/mol. The van der Waals surface area contributed by atoms with E-state index in [0.717, 1.165) is 39.3 Å². The molecule has 1 N–H and O–H groups in total. The standard InChI is InChI=1S/C17H27N3O2/c1-16(2)4-11-6-19(8-13(11)16)14(21)15(22)20-7-12-5-18-9-17(12,3)10-20/h11-13,18H,4-10H2,1-3H3/t11-,12+,13+,17-/m1/s1. The molecule has 0 radical (unpaired) electrons. The highest BCUT2D eigenvalue weighted by atomic mass is 16.2. The van der Waals surface area contributed by atoms with Gasteiger partial charge in [0.1, 0.15) is 0 Å². The van der Waals surface area contributed by atoms with Crippen molar-refractivity contribution in [2.75, 3.05) is 39.3 Å². The molecule has 0 aromatic rings. The van der Waals surface area contributed by atoms with Crippen molar-refractivity contribution in [2.45, 2.75) is 27.2 Å². The van der Waals surface area contributed by atoms with Gasteiger partial charge in [-0.25, -0.2) is 0 Å². The molecule has 4 rings (SSSR count). The van der Waals surface area contributed by atoms with Gasteiger partial charge >= 0.3 is 11.8 Å². The average molecular weight is 305 g/mol. The van der Waals surface area contributed by atoms with Gasteiger partial charge in [0.15, 0.2) is 0 Å². The lowest BCUT2D eigenvalue weighted by Gasteiger charge is -2.47. The van der Waals surface area contributed by atoms with Gasteiger partial charge < -0.3 is 15.1 Å². The first kappa shape index (κ1) is 14.5. The molecule has 1 saturated carbocycles. The molecule has 3 saturated heterocycles. The van der Waals surface area contributed by atoms with Gasteiger partial charge in [-0.15, -0.1) is 0 Å². The summed E-state index contributed by atoms with van der Waals surface area (Å²) in [5, 5.41) is 3.40. The number of carbonyl (C=O) groups is 2. The summed E-state index contributed by atoms with van der Waals surface area (Å²) in [6, 6.07) is 0. The summed E-state index contributed by atoms with van der Waals surface area (Å²) in [6.45, 7) is 11.7. The minimum Gasteiger partial charge on any atom is -0.334 e. The van der Waals surface area contributed by atoms with Crippen LogP contribution < -0.4 is 5.32 Å². The van der Waals surface area contributed by atoms with Crippen molar-refractivity contribution in [3.05, 3.63) is 0 Å². The van der Waals surface area contributed by atoms with Crippen molar-refractivity contribution >= 4 is 11.8 Å². The van der Waals surface area contributed by atoms with Crippen molar-refractivity contribution in [1.29, 1.82) is 0 Å². The maximum Gasteiger partial charge on any atom is 0.312 e. The van der Waals surface area contributed by atoms with Gasteiger partial charge in [-0.05, 0) is 29.6 Å². The Bertz CT molecular complexity index is 532. The topological polar surface area (TPSA) is 52.7 Å². The molecule has 2 amide bonds. The average Bonchev–Trinajstić information content (AvgIpc) is 3.06. The van der Waals surface area contributed by atoms with Gasteiger partial charge in [-0.1, -0.05) is 20.8 Å². The van der Waals surface area contributed by atoms with Gasteiger partial charge in [0.2, 0.25) is 0 Å². The number of hydrogen-bond acceptors (Lipinski definition) is 3. The number of nitrogens with one attached hydrogen (secondary N) is 1. The summed E-state index contributed by atoms with van der Waals surface area (Å²) >= 11 is 0. The highest BCUT2D eigenvalue weighted by molar-refractivity contribution is 6.35. The number of rotatable bonds is 0. The summed E-state index contributed by atoms with van der Waals surface area (Å²) < 4.78 is 0. The third kappa shape index (κ3) is 1.94. The molecule has 5 nitrogen and oxygen atoms in total. The molecule has 22 heavy (non-hydrogen) atoms. The fourth-order valence-corrected chi connectivity index (χ4v) is 5.38. The van der Waals surface area contributed by atoms with Crippen LogP contribution in [-0.4, -0.2) is 60.9 Å². The van der Waals surface area contributed by atoms with E-state index in [1.165, 1.54) is 6.42 Å². The molecule has 4 aliphatic rings. The highest BCUT2D eigenvalue weighted by Crippen LogP contribution is 2.54. The Balaban J connectivity index is 1.41. The van der Waals surface area contributed by atoms with Crippen LogP contribution in [0, 0.1) is 28.6 Å². The van der Waals surface area contributed by atoms with Crippen LogP contribution in [0.3, 0.4) is 0 Å². The molecule has 0 bridgehead atoms. The van der Waals surface area contributed by atoms with Crippen LogP contribution in [0.1, 0.15) is 27.2 Å². The van der Waals surface area contributed by atoms with Crippen LogP contribution in [0.5, 0.6) is 0 Å². The summed E-state index contributed by atoms with van der Waals surface area (Å²) in [5.74, 6) is 1.17.